The van der Waals surface area contributed by atoms with Gasteiger partial charge < -0.3 is 0 Å². The number of pyridine rings is 1. The lowest BCUT2D eigenvalue weighted by Crippen LogP contribution is -1.84. The molecule has 0 aromatic carbocycles. The molecule has 0 aliphatic rings. The molecule has 0 fully saturated rings. The van der Waals surface area contributed by atoms with Crippen molar-refractivity contribution in [1.82, 2.24) is 9.38 Å². The maximum absolute atomic E-state index is 4.37. The minimum atomic E-state index is 0.999. The predicted octanol–water partition coefficient (Wildman–Crippen LogP) is 3.37. The van der Waals surface area contributed by atoms with Crippen LogP contribution in [0.4, 0.5) is 0 Å². The third kappa shape index (κ3) is 1.36. The topological polar surface area (TPSA) is 17.3 Å². The van der Waals surface area contributed by atoms with E-state index in [1.165, 1.54) is 15.4 Å². The van der Waals surface area contributed by atoms with Gasteiger partial charge in [0.15, 0.2) is 0 Å². The van der Waals surface area contributed by atoms with Gasteiger partial charge in [-0.2, -0.15) is 0 Å². The smallest absolute Gasteiger partial charge is 0.137 e. The van der Waals surface area contributed by atoms with Gasteiger partial charge >= 0.3 is 0 Å². The normalized spacial score (nSPS) is 11.0. The van der Waals surface area contributed by atoms with Crippen molar-refractivity contribution in [3.63, 3.8) is 0 Å². The molecule has 0 unspecified atom stereocenters. The molecular weight excluding hydrogens is 204 g/mol. The zero-order chi connectivity index (χ0) is 10.3. The number of hydrogen-bond donors (Lipinski definition) is 0. The zero-order valence-electron chi connectivity index (χ0n) is 8.34. The molecule has 3 heteroatoms. The Morgan fingerprint density at radius 3 is 2.93 bits per heavy atom. The second-order valence-electron chi connectivity index (χ2n) is 3.48. The predicted molar refractivity (Wildman–Crippen MR) is 63.2 cm³/mol. The van der Waals surface area contributed by atoms with Crippen LogP contribution in [0.15, 0.2) is 42.7 Å². The summed E-state index contributed by atoms with van der Waals surface area (Å²) < 4.78 is 2.12. The van der Waals surface area contributed by atoms with Crippen LogP contribution in [0.2, 0.25) is 0 Å². The first-order chi connectivity index (χ1) is 7.34. The van der Waals surface area contributed by atoms with Gasteiger partial charge in [-0.25, -0.2) is 4.98 Å². The molecule has 0 amide bonds. The maximum atomic E-state index is 4.37. The molecule has 3 aromatic rings. The summed E-state index contributed by atoms with van der Waals surface area (Å²) >= 11 is 1.80. The van der Waals surface area contributed by atoms with Crippen LogP contribution in [0.25, 0.3) is 16.2 Å². The van der Waals surface area contributed by atoms with Crippen molar-refractivity contribution >= 4 is 17.0 Å². The minimum absolute atomic E-state index is 0.999. The largest absolute Gasteiger partial charge is 0.299 e. The van der Waals surface area contributed by atoms with E-state index in [0.29, 0.717) is 0 Å². The van der Waals surface area contributed by atoms with Crippen molar-refractivity contribution in [3.05, 3.63) is 47.6 Å². The average Bonchev–Trinajstić information content (AvgIpc) is 2.83. The van der Waals surface area contributed by atoms with Crippen LogP contribution < -0.4 is 0 Å². The van der Waals surface area contributed by atoms with E-state index in [-0.39, 0.29) is 0 Å². The fourth-order valence-corrected chi connectivity index (χ4v) is 2.56. The van der Waals surface area contributed by atoms with Gasteiger partial charge in [0.1, 0.15) is 5.65 Å². The third-order valence-corrected chi connectivity index (χ3v) is 3.43. The van der Waals surface area contributed by atoms with Crippen molar-refractivity contribution in [2.75, 3.05) is 0 Å². The highest BCUT2D eigenvalue weighted by molar-refractivity contribution is 7.15. The summed E-state index contributed by atoms with van der Waals surface area (Å²) in [5.74, 6) is 0. The Kier molecular flexibility index (Phi) is 1.86. The molecule has 0 saturated heterocycles. The molecule has 2 nitrogen and oxygen atoms in total. The number of fused-ring (bicyclic) bond motifs is 1. The van der Waals surface area contributed by atoms with E-state index in [1.54, 1.807) is 11.3 Å². The molecule has 0 spiro atoms. The van der Waals surface area contributed by atoms with Crippen LogP contribution in [0.3, 0.4) is 0 Å². The molecule has 0 aliphatic carbocycles. The van der Waals surface area contributed by atoms with E-state index >= 15 is 0 Å². The Labute approximate surface area is 91.8 Å². The van der Waals surface area contributed by atoms with Gasteiger partial charge in [-0.05, 0) is 31.2 Å². The molecule has 3 rings (SSSR count). The standard InChI is InChI=1S/C12H10N2S/c1-9-5-6-11(15-9)10-8-13-12-4-2-3-7-14(10)12/h2-8H,1H3. The fraction of sp³-hybridized carbons (Fsp3) is 0.0833. The third-order valence-electron chi connectivity index (χ3n) is 2.41. The Morgan fingerprint density at radius 2 is 2.13 bits per heavy atom. The van der Waals surface area contributed by atoms with E-state index in [9.17, 15) is 0 Å². The highest BCUT2D eigenvalue weighted by Crippen LogP contribution is 2.27. The fourth-order valence-electron chi connectivity index (χ4n) is 1.69. The lowest BCUT2D eigenvalue weighted by molar-refractivity contribution is 1.20. The quantitative estimate of drug-likeness (QED) is 0.607. The first kappa shape index (κ1) is 8.68. The van der Waals surface area contributed by atoms with Crippen LogP contribution in [0, 0.1) is 6.92 Å². The minimum Gasteiger partial charge on any atom is -0.299 e. The Hall–Kier alpha value is -1.61. The van der Waals surface area contributed by atoms with Crippen LogP contribution >= 0.6 is 11.3 Å². The molecule has 3 heterocycles. The van der Waals surface area contributed by atoms with Crippen molar-refractivity contribution in [2.45, 2.75) is 6.92 Å². The van der Waals surface area contributed by atoms with Gasteiger partial charge in [-0.3, -0.25) is 4.40 Å². The van der Waals surface area contributed by atoms with Crippen molar-refractivity contribution < 1.29 is 0 Å². The second kappa shape index (κ2) is 3.21. The summed E-state index contributed by atoms with van der Waals surface area (Å²) in [4.78, 5) is 6.97. The summed E-state index contributed by atoms with van der Waals surface area (Å²) in [5.41, 5.74) is 2.17. The molecule has 0 atom stereocenters. The molecular formula is C12H10N2S. The molecule has 0 saturated carbocycles. The van der Waals surface area contributed by atoms with Crippen LogP contribution in [0.5, 0.6) is 0 Å². The van der Waals surface area contributed by atoms with Gasteiger partial charge in [0.05, 0.1) is 16.8 Å². The van der Waals surface area contributed by atoms with Crippen molar-refractivity contribution in [2.24, 2.45) is 0 Å². The number of thiophene rings is 1. The number of nitrogens with zero attached hydrogens (tertiary/aromatic N) is 2. The van der Waals surface area contributed by atoms with E-state index in [2.05, 4.69) is 28.4 Å². The lowest BCUT2D eigenvalue weighted by atomic mass is 10.3. The molecule has 15 heavy (non-hydrogen) atoms. The molecule has 0 bridgehead atoms. The van der Waals surface area contributed by atoms with Crippen molar-refractivity contribution in [1.29, 1.82) is 0 Å². The monoisotopic (exact) mass is 214 g/mol. The molecule has 3 aromatic heterocycles. The Bertz CT molecular complexity index is 607. The number of aryl methyl sites for hydroxylation is 1. The van der Waals surface area contributed by atoms with Gasteiger partial charge in [-0.1, -0.05) is 6.07 Å². The van der Waals surface area contributed by atoms with Crippen LogP contribution in [-0.2, 0) is 0 Å². The van der Waals surface area contributed by atoms with E-state index in [0.717, 1.165) is 5.65 Å². The first-order valence-electron chi connectivity index (χ1n) is 4.83. The lowest BCUT2D eigenvalue weighted by Gasteiger charge is -1.97. The highest BCUT2D eigenvalue weighted by atomic mass is 32.1. The number of imidazole rings is 1. The molecule has 0 radical (unpaired) electrons. The second-order valence-corrected chi connectivity index (χ2v) is 4.77. The summed E-state index contributed by atoms with van der Waals surface area (Å²) in [6.45, 7) is 2.12. The Morgan fingerprint density at radius 1 is 1.20 bits per heavy atom. The van der Waals surface area contributed by atoms with E-state index < -0.39 is 0 Å². The van der Waals surface area contributed by atoms with Crippen molar-refractivity contribution in [3.8, 4) is 10.6 Å². The highest BCUT2D eigenvalue weighted by Gasteiger charge is 2.06. The maximum Gasteiger partial charge on any atom is 0.137 e. The SMILES string of the molecule is Cc1ccc(-c2cnc3ccccn23)s1. The van der Waals surface area contributed by atoms with Crippen LogP contribution in [-0.4, -0.2) is 9.38 Å². The van der Waals surface area contributed by atoms with E-state index in [1.807, 2.05) is 30.6 Å². The van der Waals surface area contributed by atoms with Crippen LogP contribution in [0.1, 0.15) is 4.88 Å². The van der Waals surface area contributed by atoms with Gasteiger partial charge in [-0.15, -0.1) is 11.3 Å². The number of aromatic nitrogens is 2. The molecule has 74 valence electrons. The summed E-state index contributed by atoms with van der Waals surface area (Å²) in [6.07, 6.45) is 3.98. The van der Waals surface area contributed by atoms with Gasteiger partial charge in [0.2, 0.25) is 0 Å². The van der Waals surface area contributed by atoms with Gasteiger partial charge in [0, 0.05) is 11.1 Å². The zero-order valence-corrected chi connectivity index (χ0v) is 9.16. The Balaban J connectivity index is 2.27. The summed E-state index contributed by atoms with van der Waals surface area (Å²) in [7, 11) is 0. The summed E-state index contributed by atoms with van der Waals surface area (Å²) in [5, 5.41) is 0. The van der Waals surface area contributed by atoms with E-state index in [4.69, 9.17) is 0 Å². The number of rotatable bonds is 1. The number of hydrogen-bond acceptors (Lipinski definition) is 2. The van der Waals surface area contributed by atoms with Gasteiger partial charge in [0.25, 0.3) is 0 Å². The molecule has 0 N–H and O–H groups in total. The first-order valence-corrected chi connectivity index (χ1v) is 5.65. The average molecular weight is 214 g/mol. The molecule has 0 aliphatic heterocycles. The summed E-state index contributed by atoms with van der Waals surface area (Å²) in [6, 6.07) is 10.3.